The minimum atomic E-state index is -0.476. The first kappa shape index (κ1) is 13.8. The lowest BCUT2D eigenvalue weighted by atomic mass is 10.3. The van der Waals surface area contributed by atoms with E-state index in [1.807, 2.05) is 13.8 Å². The van der Waals surface area contributed by atoms with Gasteiger partial charge in [0, 0.05) is 15.8 Å². The van der Waals surface area contributed by atoms with Crippen LogP contribution in [-0.2, 0) is 6.54 Å². The highest BCUT2D eigenvalue weighted by molar-refractivity contribution is 7.12. The molecule has 2 aromatic heterocycles. The summed E-state index contributed by atoms with van der Waals surface area (Å²) in [5.41, 5.74) is 1.14. The summed E-state index contributed by atoms with van der Waals surface area (Å²) in [4.78, 5) is 16.7. The van der Waals surface area contributed by atoms with Crippen molar-refractivity contribution in [2.75, 3.05) is 5.32 Å². The summed E-state index contributed by atoms with van der Waals surface area (Å²) in [5, 5.41) is 14.1. The fraction of sp³-hybridized carbons (Fsp3) is 0.250. The maximum absolute atomic E-state index is 10.9. The molecule has 0 amide bonds. The predicted octanol–water partition coefficient (Wildman–Crippen LogP) is 3.93. The Kier molecular flexibility index (Phi) is 4.01. The summed E-state index contributed by atoms with van der Waals surface area (Å²) < 4.78 is 0. The van der Waals surface area contributed by atoms with Gasteiger partial charge in [0.2, 0.25) is 5.82 Å². The number of anilines is 1. The van der Waals surface area contributed by atoms with Crippen molar-refractivity contribution in [2.24, 2.45) is 0 Å². The van der Waals surface area contributed by atoms with Crippen molar-refractivity contribution in [3.05, 3.63) is 48.8 Å². The molecule has 2 rings (SSSR count). The summed E-state index contributed by atoms with van der Waals surface area (Å²) in [5.74, 6) is 0.196. The Labute approximate surface area is 119 Å². The monoisotopic (exact) mass is 297 g/mol. The highest BCUT2D eigenvalue weighted by atomic mass is 35.5. The van der Waals surface area contributed by atoms with Gasteiger partial charge in [-0.15, -0.1) is 11.3 Å². The second-order valence-electron chi connectivity index (χ2n) is 4.06. The number of nitrogens with one attached hydrogen (secondary N) is 1. The zero-order chi connectivity index (χ0) is 14.0. The van der Waals surface area contributed by atoms with Gasteiger partial charge in [-0.25, -0.2) is 4.98 Å². The Morgan fingerprint density at radius 1 is 1.47 bits per heavy atom. The molecule has 0 aromatic carbocycles. The maximum Gasteiger partial charge on any atom is 0.311 e. The van der Waals surface area contributed by atoms with Gasteiger partial charge < -0.3 is 5.32 Å². The summed E-state index contributed by atoms with van der Waals surface area (Å²) in [6.07, 6.45) is 0. The van der Waals surface area contributed by atoms with Crippen LogP contribution in [0.4, 0.5) is 11.5 Å². The molecule has 2 aromatic rings. The molecule has 19 heavy (non-hydrogen) atoms. The van der Waals surface area contributed by atoms with E-state index < -0.39 is 4.92 Å². The number of halogens is 1. The van der Waals surface area contributed by atoms with E-state index in [4.69, 9.17) is 11.6 Å². The van der Waals surface area contributed by atoms with Gasteiger partial charge in [0.25, 0.3) is 0 Å². The topological polar surface area (TPSA) is 68.1 Å². The lowest BCUT2D eigenvalue weighted by molar-refractivity contribution is -0.384. The SMILES string of the molecule is Cc1cc(CNc2nc(Cl)ccc2[N+](=O)[O-])sc1C. The van der Waals surface area contributed by atoms with Crippen LogP contribution in [-0.4, -0.2) is 9.91 Å². The molecule has 0 unspecified atom stereocenters. The number of pyridine rings is 1. The zero-order valence-corrected chi connectivity index (χ0v) is 12.0. The molecule has 0 saturated heterocycles. The molecule has 0 spiro atoms. The van der Waals surface area contributed by atoms with Crippen LogP contribution in [0.3, 0.4) is 0 Å². The van der Waals surface area contributed by atoms with E-state index in [1.54, 1.807) is 11.3 Å². The van der Waals surface area contributed by atoms with E-state index in [0.29, 0.717) is 6.54 Å². The fourth-order valence-corrected chi connectivity index (χ4v) is 2.75. The first-order valence-corrected chi connectivity index (χ1v) is 6.77. The van der Waals surface area contributed by atoms with Gasteiger partial charge in [-0.2, -0.15) is 0 Å². The molecule has 0 saturated carbocycles. The summed E-state index contributed by atoms with van der Waals surface area (Å²) in [6, 6.07) is 4.82. The van der Waals surface area contributed by atoms with E-state index in [-0.39, 0.29) is 16.7 Å². The van der Waals surface area contributed by atoms with E-state index in [0.717, 1.165) is 4.88 Å². The first-order valence-electron chi connectivity index (χ1n) is 5.58. The highest BCUT2D eigenvalue weighted by Crippen LogP contribution is 2.26. The van der Waals surface area contributed by atoms with Crippen LogP contribution in [0.15, 0.2) is 18.2 Å². The van der Waals surface area contributed by atoms with Gasteiger partial charge in [-0.05, 0) is 31.5 Å². The van der Waals surface area contributed by atoms with Crippen molar-refractivity contribution in [1.82, 2.24) is 4.98 Å². The third kappa shape index (κ3) is 3.21. The average molecular weight is 298 g/mol. The Bertz CT molecular complexity index is 608. The molecular formula is C12H12ClN3O2S. The van der Waals surface area contributed by atoms with Crippen LogP contribution in [0.5, 0.6) is 0 Å². The molecule has 0 radical (unpaired) electrons. The fourth-order valence-electron chi connectivity index (χ4n) is 1.61. The van der Waals surface area contributed by atoms with Crippen LogP contribution < -0.4 is 5.32 Å². The first-order chi connectivity index (χ1) is 8.97. The van der Waals surface area contributed by atoms with Crippen molar-refractivity contribution in [1.29, 1.82) is 0 Å². The van der Waals surface area contributed by atoms with Crippen LogP contribution in [0, 0.1) is 24.0 Å². The van der Waals surface area contributed by atoms with Gasteiger partial charge >= 0.3 is 5.69 Å². The number of nitrogens with zero attached hydrogens (tertiary/aromatic N) is 2. The molecule has 1 N–H and O–H groups in total. The number of nitro groups is 1. The largest absolute Gasteiger partial charge is 0.359 e. The van der Waals surface area contributed by atoms with E-state index in [9.17, 15) is 10.1 Å². The average Bonchev–Trinajstić information content (AvgIpc) is 2.66. The third-order valence-electron chi connectivity index (χ3n) is 2.68. The van der Waals surface area contributed by atoms with Gasteiger partial charge in [0.15, 0.2) is 0 Å². The quantitative estimate of drug-likeness (QED) is 0.527. The Hall–Kier alpha value is -1.66. The van der Waals surface area contributed by atoms with Crippen molar-refractivity contribution >= 4 is 34.4 Å². The second-order valence-corrected chi connectivity index (χ2v) is 5.79. The van der Waals surface area contributed by atoms with Crippen LogP contribution in [0.2, 0.25) is 5.15 Å². The molecule has 7 heteroatoms. The Morgan fingerprint density at radius 2 is 2.21 bits per heavy atom. The van der Waals surface area contributed by atoms with Crippen LogP contribution >= 0.6 is 22.9 Å². The molecule has 2 heterocycles. The van der Waals surface area contributed by atoms with Crippen molar-refractivity contribution < 1.29 is 4.92 Å². The molecule has 0 fully saturated rings. The van der Waals surface area contributed by atoms with E-state index in [1.165, 1.54) is 22.6 Å². The molecule has 0 bridgehead atoms. The Balaban J connectivity index is 2.19. The van der Waals surface area contributed by atoms with Gasteiger partial charge in [-0.3, -0.25) is 10.1 Å². The molecule has 0 aliphatic carbocycles. The smallest absolute Gasteiger partial charge is 0.311 e. The number of aromatic nitrogens is 1. The molecule has 0 aliphatic rings. The predicted molar refractivity (Wildman–Crippen MR) is 77.0 cm³/mol. The summed E-state index contributed by atoms with van der Waals surface area (Å²) in [6.45, 7) is 4.58. The van der Waals surface area contributed by atoms with Crippen LogP contribution in [0.1, 0.15) is 15.3 Å². The van der Waals surface area contributed by atoms with Crippen molar-refractivity contribution in [2.45, 2.75) is 20.4 Å². The molecule has 5 nitrogen and oxygen atoms in total. The third-order valence-corrected chi connectivity index (χ3v) is 4.05. The number of hydrogen-bond acceptors (Lipinski definition) is 5. The molecular weight excluding hydrogens is 286 g/mol. The number of thiophene rings is 1. The van der Waals surface area contributed by atoms with Crippen molar-refractivity contribution in [3.8, 4) is 0 Å². The molecule has 0 aliphatic heterocycles. The van der Waals surface area contributed by atoms with E-state index >= 15 is 0 Å². The maximum atomic E-state index is 10.9. The van der Waals surface area contributed by atoms with Crippen LogP contribution in [0.25, 0.3) is 0 Å². The summed E-state index contributed by atoms with van der Waals surface area (Å²) >= 11 is 7.42. The standard InChI is InChI=1S/C12H12ClN3O2S/c1-7-5-9(19-8(7)2)6-14-12-10(16(17)18)3-4-11(13)15-12/h3-5H,6H2,1-2H3,(H,14,15). The van der Waals surface area contributed by atoms with E-state index in [2.05, 4.69) is 16.4 Å². The summed E-state index contributed by atoms with van der Waals surface area (Å²) in [7, 11) is 0. The Morgan fingerprint density at radius 3 is 2.79 bits per heavy atom. The van der Waals surface area contributed by atoms with Gasteiger partial charge in [0.1, 0.15) is 5.15 Å². The second kappa shape index (κ2) is 5.54. The number of hydrogen-bond donors (Lipinski definition) is 1. The highest BCUT2D eigenvalue weighted by Gasteiger charge is 2.15. The molecule has 100 valence electrons. The minimum Gasteiger partial charge on any atom is -0.359 e. The number of rotatable bonds is 4. The molecule has 0 atom stereocenters. The normalized spacial score (nSPS) is 10.5. The van der Waals surface area contributed by atoms with Gasteiger partial charge in [-0.1, -0.05) is 11.6 Å². The number of aryl methyl sites for hydroxylation is 2. The van der Waals surface area contributed by atoms with Crippen molar-refractivity contribution in [3.63, 3.8) is 0 Å². The lowest BCUT2D eigenvalue weighted by Crippen LogP contribution is -2.03. The lowest BCUT2D eigenvalue weighted by Gasteiger charge is -2.04. The zero-order valence-electron chi connectivity index (χ0n) is 10.4. The minimum absolute atomic E-state index is 0.0746. The van der Waals surface area contributed by atoms with Gasteiger partial charge in [0.05, 0.1) is 11.5 Å².